The maximum absolute atomic E-state index is 13.8. The van der Waals surface area contributed by atoms with Crippen LogP contribution >= 0.6 is 23.2 Å². The summed E-state index contributed by atoms with van der Waals surface area (Å²) in [6, 6.07) is 17.7. The Kier molecular flexibility index (Phi) is 9.67. The van der Waals surface area contributed by atoms with E-state index >= 15 is 0 Å². The molecule has 1 aliphatic rings. The van der Waals surface area contributed by atoms with Gasteiger partial charge in [-0.25, -0.2) is 19.1 Å². The lowest BCUT2D eigenvalue weighted by Gasteiger charge is -2.29. The van der Waals surface area contributed by atoms with Gasteiger partial charge in [0.2, 0.25) is 0 Å². The number of rotatable bonds is 10. The predicted molar refractivity (Wildman–Crippen MR) is 180 cm³/mol. The molecule has 0 saturated heterocycles. The third-order valence-electron chi connectivity index (χ3n) is 7.92. The van der Waals surface area contributed by atoms with Crippen molar-refractivity contribution in [2.45, 2.75) is 57.8 Å². The molecule has 6 rings (SSSR count). The van der Waals surface area contributed by atoms with Crippen molar-refractivity contribution in [3.8, 4) is 17.1 Å². The first kappa shape index (κ1) is 36.0. The van der Waals surface area contributed by atoms with Gasteiger partial charge in [0, 0.05) is 10.6 Å². The number of aliphatic hydroxyl groups is 1. The molecule has 1 N–H and O–H groups in total. The molecule has 3 aromatic carbocycles. The van der Waals surface area contributed by atoms with Crippen LogP contribution in [0.3, 0.4) is 0 Å². The molecule has 3 heterocycles. The zero-order chi connectivity index (χ0) is 36.8. The lowest BCUT2D eigenvalue weighted by Crippen LogP contribution is -2.39. The highest BCUT2D eigenvalue weighted by Crippen LogP contribution is 2.34. The molecule has 0 saturated carbocycles. The Labute approximate surface area is 298 Å². The highest BCUT2D eigenvalue weighted by molar-refractivity contribution is 6.32. The summed E-state index contributed by atoms with van der Waals surface area (Å²) >= 11 is 12.6. The molecule has 51 heavy (non-hydrogen) atoms. The van der Waals surface area contributed by atoms with Crippen molar-refractivity contribution in [1.29, 1.82) is 0 Å². The van der Waals surface area contributed by atoms with Crippen LogP contribution in [0.5, 0.6) is 0 Å². The van der Waals surface area contributed by atoms with E-state index in [-0.39, 0.29) is 45.8 Å². The van der Waals surface area contributed by atoms with Gasteiger partial charge >= 0.3 is 11.9 Å². The van der Waals surface area contributed by atoms with Crippen molar-refractivity contribution >= 4 is 35.0 Å². The number of para-hydroxylation sites is 1. The molecule has 2 atom stereocenters. The van der Waals surface area contributed by atoms with Crippen molar-refractivity contribution in [3.63, 3.8) is 0 Å². The minimum absolute atomic E-state index is 0.0507. The van der Waals surface area contributed by atoms with Gasteiger partial charge in [0.1, 0.15) is 12.6 Å². The smallest absolute Gasteiger partial charge is 0.382 e. The number of aliphatic hydroxyl groups excluding tert-OH is 1. The number of fused-ring (bicyclic) bond motifs is 1. The van der Waals surface area contributed by atoms with Crippen LogP contribution in [0.1, 0.15) is 59.2 Å². The number of carbonyl (C=O) groups is 2. The summed E-state index contributed by atoms with van der Waals surface area (Å²) in [4.78, 5) is 46.9. The Morgan fingerprint density at radius 1 is 0.863 bits per heavy atom. The lowest BCUT2D eigenvalue weighted by molar-refractivity contribution is -0.207. The summed E-state index contributed by atoms with van der Waals surface area (Å²) in [7, 11) is 0. The Bertz CT molecular complexity index is 2140. The van der Waals surface area contributed by atoms with Crippen molar-refractivity contribution in [1.82, 2.24) is 34.0 Å². The largest absolute Gasteiger partial charge is 0.416 e. The van der Waals surface area contributed by atoms with Gasteiger partial charge in [0.25, 0.3) is 11.8 Å². The quantitative estimate of drug-likeness (QED) is 0.179. The normalized spacial score (nSPS) is 14.6. The number of nitrogens with zero attached hydrogens (tertiary/aromatic N) is 7. The highest BCUT2D eigenvalue weighted by atomic mass is 35.5. The van der Waals surface area contributed by atoms with Crippen LogP contribution in [0.4, 0.5) is 13.2 Å². The predicted octanol–water partition coefficient (Wildman–Crippen LogP) is 5.72. The van der Waals surface area contributed by atoms with Crippen LogP contribution in [0, 0.1) is 0 Å². The summed E-state index contributed by atoms with van der Waals surface area (Å²) < 4.78 is 49.3. The second kappa shape index (κ2) is 13.7. The Morgan fingerprint density at radius 3 is 2.06 bits per heavy atom. The standard InChI is InChI=1S/C34H30Cl2F3N7O5/c1-33(2,3)51-18-25(45-30(48)21-8-4-5-9-22(21)31(45)49)29-40-27(41-46(29)24-11-7-6-10-23(24)36)17-44-32(50)43(16-26(47)34(37,38)39)28(42-44)19-12-14-20(35)15-13-19/h4-15,25-26,47H,16-18H2,1-3H3/t25-,26-/m0/s1. The second-order valence-electron chi connectivity index (χ2n) is 12.7. The number of benzene rings is 3. The molecule has 0 unspecified atom stereocenters. The molecule has 1 aliphatic heterocycles. The molecular formula is C34H30Cl2F3N7O5. The first-order valence-corrected chi connectivity index (χ1v) is 16.3. The van der Waals surface area contributed by atoms with E-state index in [2.05, 4.69) is 15.2 Å². The molecule has 0 aliphatic carbocycles. The topological polar surface area (TPSA) is 137 Å². The molecule has 0 bridgehead atoms. The van der Waals surface area contributed by atoms with Crippen molar-refractivity contribution in [3.05, 3.63) is 116 Å². The van der Waals surface area contributed by atoms with E-state index in [0.717, 1.165) is 9.58 Å². The summed E-state index contributed by atoms with van der Waals surface area (Å²) in [6.45, 7) is 3.59. The SMILES string of the molecule is CC(C)(C)OC[C@@H](c1nc(Cn2nc(-c3ccc(Cl)cc3)n(C[C@H](O)C(F)(F)F)c2=O)nn1-c1ccccc1Cl)N1C(=O)c2ccccc2C1=O. The highest BCUT2D eigenvalue weighted by Gasteiger charge is 2.44. The molecule has 0 radical (unpaired) electrons. The van der Waals surface area contributed by atoms with Gasteiger partial charge in [-0.1, -0.05) is 47.5 Å². The number of ether oxygens (including phenoxy) is 1. The van der Waals surface area contributed by atoms with E-state index in [0.29, 0.717) is 15.3 Å². The van der Waals surface area contributed by atoms with Crippen LogP contribution in [-0.4, -0.2) is 75.4 Å². The molecule has 2 amide bonds. The second-order valence-corrected chi connectivity index (χ2v) is 13.5. The van der Waals surface area contributed by atoms with Crippen molar-refractivity contribution in [2.24, 2.45) is 0 Å². The van der Waals surface area contributed by atoms with Crippen LogP contribution in [0.25, 0.3) is 17.1 Å². The summed E-state index contributed by atoms with van der Waals surface area (Å²) in [6.07, 6.45) is -7.89. The minimum Gasteiger partial charge on any atom is -0.382 e. The molecule has 0 fully saturated rings. The summed E-state index contributed by atoms with van der Waals surface area (Å²) in [5.74, 6) is -1.35. The number of halogens is 5. The van der Waals surface area contributed by atoms with E-state index in [4.69, 9.17) is 27.9 Å². The minimum atomic E-state index is -5.02. The fourth-order valence-electron chi connectivity index (χ4n) is 5.47. The van der Waals surface area contributed by atoms with Gasteiger partial charge in [-0.15, -0.1) is 10.2 Å². The number of hydrogen-bond acceptors (Lipinski definition) is 8. The summed E-state index contributed by atoms with van der Waals surface area (Å²) in [5, 5.41) is 19.4. The van der Waals surface area contributed by atoms with E-state index in [9.17, 15) is 32.7 Å². The first-order valence-electron chi connectivity index (χ1n) is 15.5. The molecule has 0 spiro atoms. The van der Waals surface area contributed by atoms with E-state index in [1.54, 1.807) is 57.2 Å². The average Bonchev–Trinajstić information content (AvgIpc) is 3.70. The lowest BCUT2D eigenvalue weighted by atomic mass is 10.1. The molecule has 2 aromatic heterocycles. The van der Waals surface area contributed by atoms with Crippen LogP contribution < -0.4 is 5.69 Å². The molecular weight excluding hydrogens is 714 g/mol. The van der Waals surface area contributed by atoms with E-state index in [1.165, 1.54) is 41.1 Å². The zero-order valence-electron chi connectivity index (χ0n) is 27.3. The first-order chi connectivity index (χ1) is 24.0. The van der Waals surface area contributed by atoms with Gasteiger partial charge < -0.3 is 9.84 Å². The van der Waals surface area contributed by atoms with Crippen LogP contribution in [-0.2, 0) is 17.8 Å². The molecule has 12 nitrogen and oxygen atoms in total. The Balaban J connectivity index is 1.48. The van der Waals surface area contributed by atoms with Crippen molar-refractivity contribution in [2.75, 3.05) is 6.61 Å². The van der Waals surface area contributed by atoms with Gasteiger partial charge in [-0.2, -0.15) is 13.2 Å². The average molecular weight is 745 g/mol. The maximum Gasteiger partial charge on any atom is 0.416 e. The van der Waals surface area contributed by atoms with Gasteiger partial charge in [0.15, 0.2) is 23.6 Å². The summed E-state index contributed by atoms with van der Waals surface area (Å²) in [5.41, 5.74) is -0.746. The monoisotopic (exact) mass is 743 g/mol. The Hall–Kier alpha value is -4.83. The third-order valence-corrected chi connectivity index (χ3v) is 8.49. The van der Waals surface area contributed by atoms with Gasteiger partial charge in [-0.05, 0) is 69.3 Å². The van der Waals surface area contributed by atoms with Gasteiger partial charge in [-0.3, -0.25) is 19.1 Å². The zero-order valence-corrected chi connectivity index (χ0v) is 28.8. The number of imide groups is 1. The fraction of sp³-hybridized carbons (Fsp3) is 0.294. The van der Waals surface area contributed by atoms with Gasteiger partial charge in [0.05, 0.1) is 40.6 Å². The third kappa shape index (κ3) is 7.33. The van der Waals surface area contributed by atoms with Crippen LogP contribution in [0.15, 0.2) is 77.6 Å². The van der Waals surface area contributed by atoms with E-state index in [1.807, 2.05) is 0 Å². The Morgan fingerprint density at radius 2 is 1.47 bits per heavy atom. The number of hydrogen-bond donors (Lipinski definition) is 1. The van der Waals surface area contributed by atoms with Crippen molar-refractivity contribution < 1.29 is 32.6 Å². The maximum atomic E-state index is 13.8. The number of carbonyl (C=O) groups excluding carboxylic acids is 2. The number of amides is 2. The molecule has 17 heteroatoms. The number of aromatic nitrogens is 6. The number of alkyl halides is 3. The molecule has 5 aromatic rings. The van der Waals surface area contributed by atoms with Crippen LogP contribution in [0.2, 0.25) is 10.0 Å². The molecule has 266 valence electrons. The van der Waals surface area contributed by atoms with E-state index < -0.39 is 54.5 Å². The fourth-order valence-corrected chi connectivity index (χ4v) is 5.81.